The van der Waals surface area contributed by atoms with Gasteiger partial charge in [-0.2, -0.15) is 0 Å². The summed E-state index contributed by atoms with van der Waals surface area (Å²) in [5, 5.41) is 2.28. The summed E-state index contributed by atoms with van der Waals surface area (Å²) in [4.78, 5) is 37.2. The lowest BCUT2D eigenvalue weighted by Crippen LogP contribution is -2.52. The van der Waals surface area contributed by atoms with E-state index < -0.39 is 11.9 Å². The van der Waals surface area contributed by atoms with Crippen molar-refractivity contribution in [2.45, 2.75) is 25.4 Å². The Hall–Kier alpha value is -1.89. The molecule has 3 rings (SSSR count). The molecule has 21 heavy (non-hydrogen) atoms. The molecule has 110 valence electrons. The molecule has 0 aliphatic carbocycles. The van der Waals surface area contributed by atoms with Crippen molar-refractivity contribution in [3.05, 3.63) is 27.7 Å². The van der Waals surface area contributed by atoms with Crippen LogP contribution in [0.25, 0.3) is 0 Å². The van der Waals surface area contributed by atoms with E-state index in [1.165, 1.54) is 12.0 Å². The number of carbonyl (C=O) groups is 3. The molecule has 1 aromatic carbocycles. The second-order valence-corrected chi connectivity index (χ2v) is 5.96. The smallest absolute Gasteiger partial charge is 0.258 e. The first-order chi connectivity index (χ1) is 10.0. The molecule has 2 aliphatic rings. The van der Waals surface area contributed by atoms with E-state index in [-0.39, 0.29) is 18.2 Å². The molecule has 7 heteroatoms. The topological polar surface area (TPSA) is 75.7 Å². The molecule has 1 fully saturated rings. The Kier molecular flexibility index (Phi) is 3.44. The highest BCUT2D eigenvalue weighted by Gasteiger charge is 2.40. The van der Waals surface area contributed by atoms with E-state index in [4.69, 9.17) is 4.74 Å². The minimum absolute atomic E-state index is 0.233. The zero-order chi connectivity index (χ0) is 15.1. The number of imide groups is 1. The van der Waals surface area contributed by atoms with Crippen molar-refractivity contribution in [1.29, 1.82) is 0 Å². The molecule has 0 aromatic heterocycles. The highest BCUT2D eigenvalue weighted by Crippen LogP contribution is 2.35. The molecule has 0 radical (unpaired) electrons. The number of halogens is 1. The number of amides is 3. The van der Waals surface area contributed by atoms with Gasteiger partial charge in [-0.25, -0.2) is 0 Å². The Balaban J connectivity index is 1.94. The molecule has 1 atom stereocenters. The molecule has 2 aliphatic heterocycles. The molecule has 0 spiro atoms. The normalized spacial score (nSPS) is 21.3. The number of nitrogens with one attached hydrogen (secondary N) is 1. The molecule has 3 amide bonds. The van der Waals surface area contributed by atoms with Crippen molar-refractivity contribution in [3.63, 3.8) is 0 Å². The van der Waals surface area contributed by atoms with Crippen molar-refractivity contribution in [1.82, 2.24) is 10.2 Å². The van der Waals surface area contributed by atoms with Crippen LogP contribution in [0.4, 0.5) is 0 Å². The van der Waals surface area contributed by atoms with Crippen LogP contribution in [0.1, 0.15) is 28.8 Å². The highest BCUT2D eigenvalue weighted by molar-refractivity contribution is 9.10. The number of hydrogen-bond donors (Lipinski definition) is 1. The van der Waals surface area contributed by atoms with Gasteiger partial charge in [-0.15, -0.1) is 0 Å². The summed E-state index contributed by atoms with van der Waals surface area (Å²) in [6, 6.07) is 2.97. The largest absolute Gasteiger partial charge is 0.496 e. The Morgan fingerprint density at radius 1 is 1.33 bits per heavy atom. The van der Waals surface area contributed by atoms with E-state index in [0.29, 0.717) is 24.3 Å². The van der Waals surface area contributed by atoms with Gasteiger partial charge in [0.2, 0.25) is 11.8 Å². The number of methoxy groups -OCH3 is 1. The molecule has 1 saturated heterocycles. The van der Waals surface area contributed by atoms with Crippen LogP contribution in [-0.4, -0.2) is 35.8 Å². The molecule has 1 aromatic rings. The third kappa shape index (κ3) is 2.31. The van der Waals surface area contributed by atoms with Gasteiger partial charge in [0.15, 0.2) is 0 Å². The van der Waals surface area contributed by atoms with Gasteiger partial charge in [-0.3, -0.25) is 19.7 Å². The van der Waals surface area contributed by atoms with Crippen molar-refractivity contribution in [2.24, 2.45) is 0 Å². The number of fused-ring (bicyclic) bond motifs is 1. The van der Waals surface area contributed by atoms with Gasteiger partial charge in [0.05, 0.1) is 12.7 Å². The van der Waals surface area contributed by atoms with Crippen molar-refractivity contribution < 1.29 is 19.1 Å². The maximum absolute atomic E-state index is 12.6. The molecular weight excluding hydrogens is 340 g/mol. The molecule has 2 heterocycles. The number of benzene rings is 1. The summed E-state index contributed by atoms with van der Waals surface area (Å²) >= 11 is 3.38. The highest BCUT2D eigenvalue weighted by atomic mass is 79.9. The first-order valence-corrected chi connectivity index (χ1v) is 7.31. The fourth-order valence-corrected chi connectivity index (χ4v) is 3.28. The number of rotatable bonds is 2. The van der Waals surface area contributed by atoms with Crippen LogP contribution in [0.15, 0.2) is 16.6 Å². The Morgan fingerprint density at radius 3 is 2.76 bits per heavy atom. The lowest BCUT2D eigenvalue weighted by atomic mass is 10.0. The maximum Gasteiger partial charge on any atom is 0.258 e. The standard InChI is InChI=1S/C14H13BrN2O4/c1-21-10-5-8(15)4-7-6-17(14(20)12(7)10)9-2-3-11(18)16-13(9)19/h4-5,9H,2-3,6H2,1H3,(H,16,18,19). The Morgan fingerprint density at radius 2 is 2.10 bits per heavy atom. The van der Waals surface area contributed by atoms with Crippen LogP contribution >= 0.6 is 15.9 Å². The summed E-state index contributed by atoms with van der Waals surface area (Å²) in [6.45, 7) is 0.343. The predicted molar refractivity (Wildman–Crippen MR) is 76.7 cm³/mol. The second-order valence-electron chi connectivity index (χ2n) is 5.04. The second kappa shape index (κ2) is 5.14. The van der Waals surface area contributed by atoms with Gasteiger partial charge in [0.25, 0.3) is 5.91 Å². The number of ether oxygens (including phenoxy) is 1. The van der Waals surface area contributed by atoms with Gasteiger partial charge in [-0.05, 0) is 24.1 Å². The van der Waals surface area contributed by atoms with Gasteiger partial charge in [0, 0.05) is 17.4 Å². The van der Waals surface area contributed by atoms with E-state index >= 15 is 0 Å². The number of piperidine rings is 1. The number of carbonyl (C=O) groups excluding carboxylic acids is 3. The SMILES string of the molecule is COc1cc(Br)cc2c1C(=O)N(C1CCC(=O)NC1=O)C2. The maximum atomic E-state index is 12.6. The zero-order valence-electron chi connectivity index (χ0n) is 11.3. The molecule has 0 saturated carbocycles. The first-order valence-electron chi connectivity index (χ1n) is 6.52. The average Bonchev–Trinajstić information content (AvgIpc) is 2.75. The molecular formula is C14H13BrN2O4. The van der Waals surface area contributed by atoms with E-state index in [2.05, 4.69) is 21.2 Å². The van der Waals surface area contributed by atoms with Gasteiger partial charge in [-0.1, -0.05) is 15.9 Å². The minimum Gasteiger partial charge on any atom is -0.496 e. The van der Waals surface area contributed by atoms with E-state index in [0.717, 1.165) is 10.0 Å². The number of nitrogens with zero attached hydrogens (tertiary/aromatic N) is 1. The predicted octanol–water partition coefficient (Wildman–Crippen LogP) is 1.22. The zero-order valence-corrected chi connectivity index (χ0v) is 12.9. The van der Waals surface area contributed by atoms with Crippen LogP contribution < -0.4 is 10.1 Å². The lowest BCUT2D eigenvalue weighted by molar-refractivity contribution is -0.136. The lowest BCUT2D eigenvalue weighted by Gasteiger charge is -2.29. The average molecular weight is 353 g/mol. The third-order valence-corrected chi connectivity index (χ3v) is 4.23. The fraction of sp³-hybridized carbons (Fsp3) is 0.357. The van der Waals surface area contributed by atoms with Crippen LogP contribution in [-0.2, 0) is 16.1 Å². The quantitative estimate of drug-likeness (QED) is 0.812. The Labute approximate surface area is 129 Å². The molecule has 1 unspecified atom stereocenters. The van der Waals surface area contributed by atoms with E-state index in [1.807, 2.05) is 6.07 Å². The summed E-state index contributed by atoms with van der Waals surface area (Å²) in [5.74, 6) is -0.450. The first kappa shape index (κ1) is 14.1. The van der Waals surface area contributed by atoms with Crippen molar-refractivity contribution >= 4 is 33.7 Å². The van der Waals surface area contributed by atoms with Crippen LogP contribution in [0.2, 0.25) is 0 Å². The fourth-order valence-electron chi connectivity index (χ4n) is 2.79. The summed E-state index contributed by atoms with van der Waals surface area (Å²) in [5.41, 5.74) is 1.31. The van der Waals surface area contributed by atoms with Gasteiger partial charge < -0.3 is 9.64 Å². The van der Waals surface area contributed by atoms with Crippen LogP contribution in [0, 0.1) is 0 Å². The molecule has 0 bridgehead atoms. The molecule has 6 nitrogen and oxygen atoms in total. The Bertz CT molecular complexity index is 659. The molecule has 1 N–H and O–H groups in total. The summed E-state index contributed by atoms with van der Waals surface area (Å²) in [6.07, 6.45) is 0.602. The minimum atomic E-state index is -0.605. The monoisotopic (exact) mass is 352 g/mol. The number of hydrogen-bond acceptors (Lipinski definition) is 4. The van der Waals surface area contributed by atoms with Gasteiger partial charge in [0.1, 0.15) is 11.8 Å². The summed E-state index contributed by atoms with van der Waals surface area (Å²) in [7, 11) is 1.50. The third-order valence-electron chi connectivity index (χ3n) is 3.77. The van der Waals surface area contributed by atoms with Crippen LogP contribution in [0.3, 0.4) is 0 Å². The van der Waals surface area contributed by atoms with Gasteiger partial charge >= 0.3 is 0 Å². The van der Waals surface area contributed by atoms with E-state index in [1.54, 1.807) is 6.07 Å². The van der Waals surface area contributed by atoms with Crippen molar-refractivity contribution in [3.8, 4) is 5.75 Å². The van der Waals surface area contributed by atoms with Crippen molar-refractivity contribution in [2.75, 3.05) is 7.11 Å². The van der Waals surface area contributed by atoms with Crippen LogP contribution in [0.5, 0.6) is 5.75 Å². The van der Waals surface area contributed by atoms with E-state index in [9.17, 15) is 14.4 Å². The summed E-state index contributed by atoms with van der Waals surface area (Å²) < 4.78 is 6.07.